The summed E-state index contributed by atoms with van der Waals surface area (Å²) in [7, 11) is -4.16. The molecule has 1 aromatic rings. The van der Waals surface area contributed by atoms with Crippen LogP contribution in [0.4, 0.5) is 9.59 Å². The molecule has 9 nitrogen and oxygen atoms in total. The normalized spacial score (nSPS) is 16.9. The van der Waals surface area contributed by atoms with Crippen molar-refractivity contribution in [3.05, 3.63) is 35.9 Å². The summed E-state index contributed by atoms with van der Waals surface area (Å²) in [5.41, 5.74) is 0.0771. The molecule has 1 heterocycles. The van der Waals surface area contributed by atoms with Crippen molar-refractivity contribution in [2.75, 3.05) is 19.3 Å². The van der Waals surface area contributed by atoms with Crippen LogP contribution in [0.2, 0.25) is 0 Å². The summed E-state index contributed by atoms with van der Waals surface area (Å²) in [5.74, 6) is -1.41. The second kappa shape index (κ2) is 6.65. The molecule has 0 bridgehead atoms. The Balaban J connectivity index is 2.34. The van der Waals surface area contributed by atoms with Crippen molar-refractivity contribution in [3.8, 4) is 0 Å². The summed E-state index contributed by atoms with van der Waals surface area (Å²) < 4.78 is 26.8. The van der Waals surface area contributed by atoms with Crippen LogP contribution in [0.25, 0.3) is 0 Å². The number of hydrogen-bond donors (Lipinski definition) is 2. The minimum absolute atomic E-state index is 0.0769. The van der Waals surface area contributed by atoms with E-state index in [1.165, 1.54) is 24.3 Å². The third kappa shape index (κ3) is 3.95. The van der Waals surface area contributed by atoms with Crippen LogP contribution in [0, 0.1) is 0 Å². The summed E-state index contributed by atoms with van der Waals surface area (Å²) in [4.78, 5) is 34.5. The van der Waals surface area contributed by atoms with Gasteiger partial charge >= 0.3 is 28.1 Å². The molecule has 1 saturated heterocycles. The molecule has 24 heavy (non-hydrogen) atoms. The molecule has 1 atom stereocenters. The van der Waals surface area contributed by atoms with Crippen molar-refractivity contribution in [2.24, 2.45) is 0 Å². The average molecular weight is 376 g/mol. The van der Waals surface area contributed by atoms with Crippen molar-refractivity contribution < 1.29 is 27.0 Å². The largest absolute Gasteiger partial charge is 0.368 e. The monoisotopic (exact) mass is 375 g/mol. The van der Waals surface area contributed by atoms with Gasteiger partial charge in [0.15, 0.2) is 0 Å². The number of hydrogen-bond acceptors (Lipinski definition) is 6. The summed E-state index contributed by atoms with van der Waals surface area (Å²) in [6, 6.07) is 5.90. The van der Waals surface area contributed by atoms with E-state index in [4.69, 9.17) is 11.6 Å². The van der Waals surface area contributed by atoms with Gasteiger partial charge in [0, 0.05) is 18.7 Å². The lowest BCUT2D eigenvalue weighted by molar-refractivity contribution is -0.137. The number of alkyl halides is 1. The number of imide groups is 1. The number of nitrogens with zero attached hydrogens (tertiary/aromatic N) is 1. The zero-order chi connectivity index (χ0) is 18.0. The number of rotatable bonds is 4. The summed E-state index contributed by atoms with van der Waals surface area (Å²) in [5, 5.41) is 4.57. The quantitative estimate of drug-likeness (QED) is 0.444. The lowest BCUT2D eigenvalue weighted by Crippen LogP contribution is -2.54. The Labute approximate surface area is 143 Å². The predicted molar refractivity (Wildman–Crippen MR) is 83.5 cm³/mol. The van der Waals surface area contributed by atoms with E-state index >= 15 is 0 Å². The van der Waals surface area contributed by atoms with Gasteiger partial charge in [-0.25, -0.2) is 19.3 Å². The van der Waals surface area contributed by atoms with Crippen LogP contribution in [-0.2, 0) is 24.1 Å². The van der Waals surface area contributed by atoms with Gasteiger partial charge in [-0.3, -0.25) is 0 Å². The fourth-order valence-corrected chi connectivity index (χ4v) is 2.68. The topological polar surface area (TPSA) is 122 Å². The van der Waals surface area contributed by atoms with Crippen LogP contribution < -0.4 is 10.6 Å². The summed E-state index contributed by atoms with van der Waals surface area (Å²) in [6.07, 6.45) is 0.670. The van der Waals surface area contributed by atoms with E-state index in [-0.39, 0.29) is 18.7 Å². The molecule has 130 valence electrons. The molecule has 1 aliphatic heterocycles. The van der Waals surface area contributed by atoms with Gasteiger partial charge in [0.25, 0.3) is 0 Å². The SMILES string of the molecule is CS(=O)(=O)OC(=O)C(Cl)(NC(=O)N1CCNC1=O)c1ccccc1. The number of urea groups is 2. The smallest absolute Gasteiger partial charge is 0.342 e. The van der Waals surface area contributed by atoms with Crippen LogP contribution in [0.15, 0.2) is 30.3 Å². The molecule has 0 radical (unpaired) electrons. The maximum atomic E-state index is 12.2. The van der Waals surface area contributed by atoms with Crippen molar-refractivity contribution in [1.29, 1.82) is 0 Å². The molecule has 0 aromatic heterocycles. The van der Waals surface area contributed by atoms with Crippen LogP contribution in [0.3, 0.4) is 0 Å². The van der Waals surface area contributed by atoms with Crippen LogP contribution in [0.1, 0.15) is 5.56 Å². The Kier molecular flexibility index (Phi) is 4.99. The molecule has 1 fully saturated rings. The Morgan fingerprint density at radius 3 is 2.46 bits per heavy atom. The highest BCUT2D eigenvalue weighted by atomic mass is 35.5. The van der Waals surface area contributed by atoms with Crippen LogP contribution in [0.5, 0.6) is 0 Å². The molecule has 1 aliphatic rings. The molecule has 2 rings (SSSR count). The van der Waals surface area contributed by atoms with E-state index in [1.807, 2.05) is 0 Å². The van der Waals surface area contributed by atoms with Gasteiger partial charge in [0.2, 0.25) is 5.00 Å². The highest BCUT2D eigenvalue weighted by molar-refractivity contribution is 7.86. The highest BCUT2D eigenvalue weighted by Crippen LogP contribution is 2.29. The summed E-state index contributed by atoms with van der Waals surface area (Å²) >= 11 is 6.21. The average Bonchev–Trinajstić information content (AvgIpc) is 2.92. The number of carbonyl (C=O) groups is 3. The molecule has 4 amide bonds. The van der Waals surface area contributed by atoms with E-state index in [1.54, 1.807) is 6.07 Å². The van der Waals surface area contributed by atoms with Crippen molar-refractivity contribution in [2.45, 2.75) is 5.00 Å². The van der Waals surface area contributed by atoms with Crippen molar-refractivity contribution >= 4 is 39.8 Å². The first-order valence-corrected chi connectivity index (χ1v) is 8.89. The second-order valence-corrected chi connectivity index (χ2v) is 7.05. The maximum absolute atomic E-state index is 12.2. The third-order valence-corrected chi connectivity index (χ3v) is 3.98. The minimum atomic E-state index is -4.16. The lowest BCUT2D eigenvalue weighted by atomic mass is 10.1. The zero-order valence-electron chi connectivity index (χ0n) is 12.5. The van der Waals surface area contributed by atoms with Gasteiger partial charge in [0.05, 0.1) is 6.26 Å². The Bertz CT molecular complexity index is 769. The molecule has 0 saturated carbocycles. The molecule has 0 spiro atoms. The van der Waals surface area contributed by atoms with E-state index in [0.29, 0.717) is 6.26 Å². The fraction of sp³-hybridized carbons (Fsp3) is 0.308. The first kappa shape index (κ1) is 18.0. The van der Waals surface area contributed by atoms with Gasteiger partial charge < -0.3 is 14.8 Å². The molecule has 2 N–H and O–H groups in total. The summed E-state index contributed by atoms with van der Waals surface area (Å²) in [6.45, 7) is 0.328. The molecule has 1 unspecified atom stereocenters. The van der Waals surface area contributed by atoms with Gasteiger partial charge in [-0.1, -0.05) is 41.9 Å². The minimum Gasteiger partial charge on any atom is -0.342 e. The zero-order valence-corrected chi connectivity index (χ0v) is 14.1. The van der Waals surface area contributed by atoms with Gasteiger partial charge in [-0.2, -0.15) is 8.42 Å². The van der Waals surface area contributed by atoms with E-state index in [0.717, 1.165) is 4.90 Å². The molecule has 11 heteroatoms. The number of benzene rings is 1. The highest BCUT2D eigenvalue weighted by Gasteiger charge is 2.45. The van der Waals surface area contributed by atoms with Gasteiger partial charge in [-0.05, 0) is 0 Å². The van der Waals surface area contributed by atoms with Gasteiger partial charge in [-0.15, -0.1) is 0 Å². The molecular weight excluding hydrogens is 362 g/mol. The van der Waals surface area contributed by atoms with Crippen LogP contribution in [-0.4, -0.2) is 50.7 Å². The van der Waals surface area contributed by atoms with Crippen molar-refractivity contribution in [1.82, 2.24) is 15.5 Å². The number of nitrogens with one attached hydrogen (secondary N) is 2. The third-order valence-electron chi connectivity index (χ3n) is 3.06. The van der Waals surface area contributed by atoms with Crippen LogP contribution >= 0.6 is 11.6 Å². The lowest BCUT2D eigenvalue weighted by Gasteiger charge is -2.27. The van der Waals surface area contributed by atoms with Crippen molar-refractivity contribution in [3.63, 3.8) is 0 Å². The fourth-order valence-electron chi connectivity index (χ4n) is 1.98. The number of halogens is 1. The van der Waals surface area contributed by atoms with E-state index in [9.17, 15) is 22.8 Å². The van der Waals surface area contributed by atoms with Gasteiger partial charge in [0.1, 0.15) is 0 Å². The first-order chi connectivity index (χ1) is 11.1. The number of amides is 4. The molecule has 0 aliphatic carbocycles. The number of carbonyl (C=O) groups excluding carboxylic acids is 3. The molecular formula is C13H14ClN3O6S. The maximum Gasteiger partial charge on any atom is 0.368 e. The molecule has 1 aromatic carbocycles. The standard InChI is InChI=1S/C13H14ClN3O6S/c1-24(21,22)23-10(18)13(14,9-5-3-2-4-6-9)16-12(20)17-8-7-15-11(17)19/h2-6H,7-8H2,1H3,(H,15,19)(H,16,20). The Morgan fingerprint density at radius 1 is 1.33 bits per heavy atom. The second-order valence-electron chi connectivity index (χ2n) is 4.91. The Morgan fingerprint density at radius 2 is 1.96 bits per heavy atom. The predicted octanol–water partition coefficient (Wildman–Crippen LogP) is 0.316. The first-order valence-electron chi connectivity index (χ1n) is 6.69. The Hall–Kier alpha value is -2.33. The van der Waals surface area contributed by atoms with E-state index < -0.39 is 33.1 Å². The van der Waals surface area contributed by atoms with E-state index in [2.05, 4.69) is 14.8 Å².